The van der Waals surface area contributed by atoms with Crippen LogP contribution in [0, 0.1) is 18.8 Å². The molecule has 0 saturated carbocycles. The molecule has 1 aliphatic rings. The molecule has 0 amide bonds. The molecular weight excluding hydrogens is 426 g/mol. The maximum atomic E-state index is 6.97. The van der Waals surface area contributed by atoms with Gasteiger partial charge in [0.15, 0.2) is 0 Å². The number of nitrogens with zero attached hydrogens (tertiary/aromatic N) is 1. The minimum atomic E-state index is -0.0537. The van der Waals surface area contributed by atoms with E-state index >= 15 is 0 Å². The molecule has 2 aromatic heterocycles. The van der Waals surface area contributed by atoms with Crippen LogP contribution in [-0.2, 0) is 5.41 Å². The van der Waals surface area contributed by atoms with Crippen molar-refractivity contribution in [1.29, 1.82) is 0 Å². The van der Waals surface area contributed by atoms with Crippen molar-refractivity contribution >= 4 is 21.9 Å². The molecular formula is C33H33NO. The van der Waals surface area contributed by atoms with Gasteiger partial charge in [0.2, 0.25) is 0 Å². The average molecular weight is 460 g/mol. The lowest BCUT2D eigenvalue weighted by Gasteiger charge is -2.35. The lowest BCUT2D eigenvalue weighted by atomic mass is 9.67. The topological polar surface area (TPSA) is 26.0 Å². The van der Waals surface area contributed by atoms with Gasteiger partial charge in [-0.15, -0.1) is 0 Å². The highest BCUT2D eigenvalue weighted by Crippen LogP contribution is 2.58. The number of benzene rings is 3. The number of hydrogen-bond donors (Lipinski definition) is 0. The van der Waals surface area contributed by atoms with Crippen molar-refractivity contribution < 1.29 is 4.42 Å². The van der Waals surface area contributed by atoms with Gasteiger partial charge in [0.05, 0.1) is 5.69 Å². The van der Waals surface area contributed by atoms with E-state index in [0.29, 0.717) is 11.8 Å². The summed E-state index contributed by atoms with van der Waals surface area (Å²) in [6, 6.07) is 24.2. The minimum Gasteiger partial charge on any atom is -0.455 e. The maximum Gasteiger partial charge on any atom is 0.145 e. The second kappa shape index (κ2) is 8.09. The van der Waals surface area contributed by atoms with E-state index in [1.807, 2.05) is 18.3 Å². The van der Waals surface area contributed by atoms with Crippen molar-refractivity contribution in [2.75, 3.05) is 0 Å². The predicted molar refractivity (Wildman–Crippen MR) is 147 cm³/mol. The lowest BCUT2D eigenvalue weighted by Crippen LogP contribution is -2.29. The SMILES string of the molecule is Cc1ccc2c(oc3c4c(ccc32)-c2ccccc2C4(CC(C)C)CC(C)C)c1-c1ccccn1. The summed E-state index contributed by atoms with van der Waals surface area (Å²) < 4.78 is 6.97. The number of aromatic nitrogens is 1. The second-order valence-electron chi connectivity index (χ2n) is 11.1. The number of hydrogen-bond acceptors (Lipinski definition) is 2. The fraction of sp³-hybridized carbons (Fsp3) is 0.303. The van der Waals surface area contributed by atoms with Crippen LogP contribution in [0.25, 0.3) is 44.3 Å². The van der Waals surface area contributed by atoms with Gasteiger partial charge >= 0.3 is 0 Å². The highest BCUT2D eigenvalue weighted by molar-refractivity contribution is 6.12. The van der Waals surface area contributed by atoms with Gasteiger partial charge in [0.25, 0.3) is 0 Å². The zero-order valence-electron chi connectivity index (χ0n) is 21.4. The molecule has 0 bridgehead atoms. The average Bonchev–Trinajstić information content (AvgIpc) is 3.32. The van der Waals surface area contributed by atoms with Crippen LogP contribution < -0.4 is 0 Å². The Morgan fingerprint density at radius 1 is 0.743 bits per heavy atom. The van der Waals surface area contributed by atoms with Gasteiger partial charge in [-0.3, -0.25) is 4.98 Å². The van der Waals surface area contributed by atoms with E-state index in [0.717, 1.165) is 35.3 Å². The van der Waals surface area contributed by atoms with Gasteiger partial charge in [-0.25, -0.2) is 0 Å². The van der Waals surface area contributed by atoms with Crippen LogP contribution >= 0.6 is 0 Å². The zero-order chi connectivity index (χ0) is 24.3. The van der Waals surface area contributed by atoms with Gasteiger partial charge in [-0.05, 0) is 72.1 Å². The van der Waals surface area contributed by atoms with Crippen molar-refractivity contribution in [2.24, 2.45) is 11.8 Å². The van der Waals surface area contributed by atoms with Crippen molar-refractivity contribution in [3.8, 4) is 22.4 Å². The third-order valence-corrected chi connectivity index (χ3v) is 7.66. The summed E-state index contributed by atoms with van der Waals surface area (Å²) in [6.07, 6.45) is 4.08. The van der Waals surface area contributed by atoms with Crippen LogP contribution in [-0.4, -0.2) is 4.98 Å². The smallest absolute Gasteiger partial charge is 0.145 e. The number of aryl methyl sites for hydroxylation is 1. The zero-order valence-corrected chi connectivity index (χ0v) is 21.4. The Balaban J connectivity index is 1.74. The molecule has 35 heavy (non-hydrogen) atoms. The fourth-order valence-electron chi connectivity index (χ4n) is 6.70. The third-order valence-electron chi connectivity index (χ3n) is 7.66. The summed E-state index contributed by atoms with van der Waals surface area (Å²) in [5, 5.41) is 2.38. The molecule has 2 heterocycles. The van der Waals surface area contributed by atoms with E-state index in [1.54, 1.807) is 0 Å². The number of pyridine rings is 1. The lowest BCUT2D eigenvalue weighted by molar-refractivity contribution is 0.337. The second-order valence-corrected chi connectivity index (χ2v) is 11.1. The predicted octanol–water partition coefficient (Wildman–Crippen LogP) is 9.32. The largest absolute Gasteiger partial charge is 0.455 e. The minimum absolute atomic E-state index is 0.0537. The molecule has 0 atom stereocenters. The molecule has 0 fully saturated rings. The summed E-state index contributed by atoms with van der Waals surface area (Å²) in [5.41, 5.74) is 10.8. The summed E-state index contributed by atoms with van der Waals surface area (Å²) in [7, 11) is 0. The Hall–Kier alpha value is -3.39. The molecule has 1 aliphatic carbocycles. The van der Waals surface area contributed by atoms with E-state index in [1.165, 1.54) is 38.6 Å². The molecule has 2 heteroatoms. The van der Waals surface area contributed by atoms with Crippen LogP contribution in [0.5, 0.6) is 0 Å². The first-order chi connectivity index (χ1) is 16.9. The normalized spacial score (nSPS) is 14.3. The summed E-state index contributed by atoms with van der Waals surface area (Å²) in [6.45, 7) is 11.6. The molecule has 2 nitrogen and oxygen atoms in total. The highest BCUT2D eigenvalue weighted by Gasteiger charge is 2.46. The molecule has 0 N–H and O–H groups in total. The van der Waals surface area contributed by atoms with E-state index in [2.05, 4.69) is 94.2 Å². The first-order valence-electron chi connectivity index (χ1n) is 12.9. The number of rotatable bonds is 5. The van der Waals surface area contributed by atoms with Crippen molar-refractivity contribution in [1.82, 2.24) is 4.98 Å². The summed E-state index contributed by atoms with van der Waals surface area (Å²) in [4.78, 5) is 4.68. The van der Waals surface area contributed by atoms with Gasteiger partial charge in [0, 0.05) is 33.5 Å². The standard InChI is InChI=1S/C33H33NO/c1-20(2)18-33(19-21(3)4)27-11-7-6-10-23(27)24-15-16-26-25-14-13-22(5)29(28-12-8-9-17-34-28)31(25)35-32(26)30(24)33/h6-17,20-21H,18-19H2,1-5H3. The number of furan rings is 1. The van der Waals surface area contributed by atoms with E-state index in [4.69, 9.17) is 4.42 Å². The molecule has 176 valence electrons. The molecule has 0 aliphatic heterocycles. The highest BCUT2D eigenvalue weighted by atomic mass is 16.3. The van der Waals surface area contributed by atoms with Crippen LogP contribution in [0.1, 0.15) is 57.2 Å². The molecule has 0 saturated heterocycles. The van der Waals surface area contributed by atoms with E-state index in [9.17, 15) is 0 Å². The molecule has 0 unspecified atom stereocenters. The Morgan fingerprint density at radius 2 is 1.43 bits per heavy atom. The molecule has 0 spiro atoms. The Kier molecular flexibility index (Phi) is 5.11. The Morgan fingerprint density at radius 3 is 2.14 bits per heavy atom. The van der Waals surface area contributed by atoms with Gasteiger partial charge in [-0.2, -0.15) is 0 Å². The Labute approximate surface area is 208 Å². The monoisotopic (exact) mass is 459 g/mol. The first-order valence-corrected chi connectivity index (χ1v) is 12.9. The van der Waals surface area contributed by atoms with Crippen LogP contribution in [0.4, 0.5) is 0 Å². The maximum absolute atomic E-state index is 6.97. The Bertz CT molecular complexity index is 1550. The van der Waals surface area contributed by atoms with Gasteiger partial charge in [-0.1, -0.05) is 76.2 Å². The van der Waals surface area contributed by atoms with E-state index in [-0.39, 0.29) is 5.41 Å². The van der Waals surface area contributed by atoms with Gasteiger partial charge < -0.3 is 4.42 Å². The quantitative estimate of drug-likeness (QED) is 0.262. The molecule has 0 radical (unpaired) electrons. The fourth-order valence-corrected chi connectivity index (χ4v) is 6.70. The molecule has 6 rings (SSSR count). The third kappa shape index (κ3) is 3.26. The van der Waals surface area contributed by atoms with Crippen molar-refractivity contribution in [3.05, 3.63) is 89.6 Å². The molecule has 3 aromatic carbocycles. The first kappa shape index (κ1) is 22.1. The van der Waals surface area contributed by atoms with Crippen molar-refractivity contribution in [3.63, 3.8) is 0 Å². The summed E-state index contributed by atoms with van der Waals surface area (Å²) >= 11 is 0. The van der Waals surface area contributed by atoms with Gasteiger partial charge in [0.1, 0.15) is 11.2 Å². The number of fused-ring (bicyclic) bond motifs is 7. The van der Waals surface area contributed by atoms with Crippen molar-refractivity contribution in [2.45, 2.75) is 52.9 Å². The van der Waals surface area contributed by atoms with E-state index < -0.39 is 0 Å². The van der Waals surface area contributed by atoms with Crippen LogP contribution in [0.3, 0.4) is 0 Å². The molecule has 5 aromatic rings. The summed E-state index contributed by atoms with van der Waals surface area (Å²) in [5.74, 6) is 1.14. The van der Waals surface area contributed by atoms with Crippen LogP contribution in [0.2, 0.25) is 0 Å². The van der Waals surface area contributed by atoms with Crippen LogP contribution in [0.15, 0.2) is 77.3 Å².